The number of rotatable bonds is 4. The van der Waals surface area contributed by atoms with E-state index in [0.717, 1.165) is 0 Å². The van der Waals surface area contributed by atoms with Crippen LogP contribution in [0.5, 0.6) is 5.75 Å². The minimum Gasteiger partial charge on any atom is -0.507 e. The summed E-state index contributed by atoms with van der Waals surface area (Å²) in [6.07, 6.45) is 1.21. The van der Waals surface area contributed by atoms with Gasteiger partial charge in [-0.3, -0.25) is 4.79 Å². The molecular weight excluding hydrogens is 294 g/mol. The highest BCUT2D eigenvalue weighted by Crippen LogP contribution is 2.29. The van der Waals surface area contributed by atoms with Gasteiger partial charge in [0.25, 0.3) is 0 Å². The van der Waals surface area contributed by atoms with Gasteiger partial charge in [0.2, 0.25) is 10.0 Å². The largest absolute Gasteiger partial charge is 0.507 e. The van der Waals surface area contributed by atoms with Crippen molar-refractivity contribution < 1.29 is 23.1 Å². The van der Waals surface area contributed by atoms with Crippen molar-refractivity contribution >= 4 is 16.0 Å². The molecule has 0 saturated carbocycles. The fraction of sp³-hybridized carbons (Fsp3) is 0.500. The van der Waals surface area contributed by atoms with E-state index in [1.54, 1.807) is 19.1 Å². The molecule has 0 aliphatic carbocycles. The number of hydrogen-bond acceptors (Lipinski definition) is 5. The fourth-order valence-electron chi connectivity index (χ4n) is 2.43. The highest BCUT2D eigenvalue weighted by Gasteiger charge is 2.34. The van der Waals surface area contributed by atoms with E-state index < -0.39 is 15.9 Å². The van der Waals surface area contributed by atoms with Crippen molar-refractivity contribution in [1.29, 1.82) is 0 Å². The summed E-state index contributed by atoms with van der Waals surface area (Å²) >= 11 is 0. The van der Waals surface area contributed by atoms with Crippen LogP contribution in [-0.2, 0) is 19.6 Å². The van der Waals surface area contributed by atoms with Gasteiger partial charge in [0, 0.05) is 13.1 Å². The molecule has 0 spiro atoms. The number of sulfonamides is 1. The number of phenolic OH excluding ortho intramolecular Hbond substituents is 1. The number of ether oxygens (including phenoxy) is 1. The maximum atomic E-state index is 12.5. The average Bonchev–Trinajstić information content (AvgIpc) is 2.48. The zero-order valence-corrected chi connectivity index (χ0v) is 12.7. The standard InChI is InChI=1S/C14H19NO5S/c1-2-20-14(17)11-6-5-9-15(10-11)21(18,19)13-8-4-3-7-12(13)16/h3-4,7-8,11,16H,2,5-6,9-10H2,1H3. The lowest BCUT2D eigenvalue weighted by atomic mass is 10.0. The molecule has 0 bridgehead atoms. The Hall–Kier alpha value is -1.60. The molecule has 1 aliphatic rings. The lowest BCUT2D eigenvalue weighted by Gasteiger charge is -2.30. The molecule has 1 N–H and O–H groups in total. The number of benzene rings is 1. The van der Waals surface area contributed by atoms with Crippen molar-refractivity contribution in [2.75, 3.05) is 19.7 Å². The van der Waals surface area contributed by atoms with Gasteiger partial charge < -0.3 is 9.84 Å². The first-order chi connectivity index (χ1) is 9.96. The topological polar surface area (TPSA) is 83.9 Å². The number of carbonyl (C=O) groups excluding carboxylic acids is 1. The molecule has 1 atom stereocenters. The van der Waals surface area contributed by atoms with Gasteiger partial charge in [-0.25, -0.2) is 8.42 Å². The molecule has 6 nitrogen and oxygen atoms in total. The Kier molecular flexibility index (Phi) is 4.84. The minimum absolute atomic E-state index is 0.0928. The molecule has 1 saturated heterocycles. The third-order valence-corrected chi connectivity index (χ3v) is 5.40. The van der Waals surface area contributed by atoms with Crippen LogP contribution in [0.4, 0.5) is 0 Å². The number of aromatic hydroxyl groups is 1. The normalized spacial score (nSPS) is 20.1. The molecule has 1 fully saturated rings. The summed E-state index contributed by atoms with van der Waals surface area (Å²) in [6, 6.07) is 5.81. The van der Waals surface area contributed by atoms with Gasteiger partial charge in [-0.2, -0.15) is 4.31 Å². The summed E-state index contributed by atoms with van der Waals surface area (Å²) in [5.74, 6) is -1.09. The molecule has 7 heteroatoms. The van der Waals surface area contributed by atoms with Crippen LogP contribution in [0, 0.1) is 5.92 Å². The average molecular weight is 313 g/mol. The molecule has 1 unspecified atom stereocenters. The second-order valence-corrected chi connectivity index (χ2v) is 6.83. The first kappa shape index (κ1) is 15.8. The molecule has 116 valence electrons. The Bertz CT molecular complexity index is 614. The number of esters is 1. The van der Waals surface area contributed by atoms with Crippen LogP contribution in [-0.4, -0.2) is 43.5 Å². The van der Waals surface area contributed by atoms with Crippen LogP contribution >= 0.6 is 0 Å². The number of piperidine rings is 1. The predicted octanol–water partition coefficient (Wildman–Crippen LogP) is 1.36. The number of carbonyl (C=O) groups is 1. The zero-order valence-electron chi connectivity index (χ0n) is 11.9. The number of phenols is 1. The minimum atomic E-state index is -3.80. The van der Waals surface area contributed by atoms with Crippen LogP contribution in [0.15, 0.2) is 29.2 Å². The first-order valence-electron chi connectivity index (χ1n) is 6.91. The number of hydrogen-bond donors (Lipinski definition) is 1. The molecule has 1 heterocycles. The fourth-order valence-corrected chi connectivity index (χ4v) is 4.03. The summed E-state index contributed by atoms with van der Waals surface area (Å²) < 4.78 is 31.3. The third kappa shape index (κ3) is 3.36. The Morgan fingerprint density at radius 3 is 2.81 bits per heavy atom. The second kappa shape index (κ2) is 6.44. The van der Waals surface area contributed by atoms with E-state index in [0.29, 0.717) is 19.4 Å². The summed E-state index contributed by atoms with van der Waals surface area (Å²) in [5, 5.41) is 9.74. The van der Waals surface area contributed by atoms with Crippen LogP contribution in [0.1, 0.15) is 19.8 Å². The molecule has 1 aromatic carbocycles. The Balaban J connectivity index is 2.21. The van der Waals surface area contributed by atoms with Gasteiger partial charge in [-0.05, 0) is 31.9 Å². The van der Waals surface area contributed by atoms with Crippen molar-refractivity contribution in [3.63, 3.8) is 0 Å². The van der Waals surface area contributed by atoms with Crippen molar-refractivity contribution in [2.45, 2.75) is 24.7 Å². The highest BCUT2D eigenvalue weighted by atomic mass is 32.2. The van der Waals surface area contributed by atoms with E-state index in [1.807, 2.05) is 0 Å². The summed E-state index contributed by atoms with van der Waals surface area (Å²) in [7, 11) is -3.80. The van der Waals surface area contributed by atoms with Gasteiger partial charge in [0.15, 0.2) is 0 Å². The molecule has 0 amide bonds. The summed E-state index contributed by atoms with van der Waals surface area (Å²) in [5.41, 5.74) is 0. The quantitative estimate of drug-likeness (QED) is 0.848. The second-order valence-electron chi connectivity index (χ2n) is 4.92. The van der Waals surface area contributed by atoms with Gasteiger partial charge in [0.1, 0.15) is 10.6 Å². The van der Waals surface area contributed by atoms with E-state index in [9.17, 15) is 18.3 Å². The molecule has 0 aromatic heterocycles. The van der Waals surface area contributed by atoms with Crippen molar-refractivity contribution in [1.82, 2.24) is 4.31 Å². The number of para-hydroxylation sites is 1. The third-order valence-electron chi connectivity index (χ3n) is 3.49. The molecule has 2 rings (SSSR count). The number of nitrogens with zero attached hydrogens (tertiary/aromatic N) is 1. The SMILES string of the molecule is CCOC(=O)C1CCCN(S(=O)(=O)c2ccccc2O)C1. The van der Waals surface area contributed by atoms with E-state index >= 15 is 0 Å². The van der Waals surface area contributed by atoms with Gasteiger partial charge in [-0.1, -0.05) is 12.1 Å². The summed E-state index contributed by atoms with van der Waals surface area (Å²) in [6.45, 7) is 2.43. The van der Waals surface area contributed by atoms with Crippen LogP contribution in [0.3, 0.4) is 0 Å². The van der Waals surface area contributed by atoms with Gasteiger partial charge in [0.05, 0.1) is 12.5 Å². The molecule has 0 radical (unpaired) electrons. The van der Waals surface area contributed by atoms with Gasteiger partial charge >= 0.3 is 5.97 Å². The van der Waals surface area contributed by atoms with E-state index in [4.69, 9.17) is 4.74 Å². The lowest BCUT2D eigenvalue weighted by molar-refractivity contribution is -0.149. The molecule has 1 aromatic rings. The van der Waals surface area contributed by atoms with Crippen molar-refractivity contribution in [3.05, 3.63) is 24.3 Å². The molecule has 21 heavy (non-hydrogen) atoms. The first-order valence-corrected chi connectivity index (χ1v) is 8.35. The van der Waals surface area contributed by atoms with Crippen LogP contribution < -0.4 is 0 Å². The molecular formula is C14H19NO5S. The van der Waals surface area contributed by atoms with Gasteiger partial charge in [-0.15, -0.1) is 0 Å². The Morgan fingerprint density at radius 1 is 1.43 bits per heavy atom. The zero-order chi connectivity index (χ0) is 15.5. The van der Waals surface area contributed by atoms with E-state index in [1.165, 1.54) is 16.4 Å². The monoisotopic (exact) mass is 313 g/mol. The highest BCUT2D eigenvalue weighted by molar-refractivity contribution is 7.89. The van der Waals surface area contributed by atoms with E-state index in [-0.39, 0.29) is 29.8 Å². The Labute approximate surface area is 124 Å². The summed E-state index contributed by atoms with van der Waals surface area (Å²) in [4.78, 5) is 11.7. The predicted molar refractivity (Wildman–Crippen MR) is 76.2 cm³/mol. The maximum Gasteiger partial charge on any atom is 0.310 e. The smallest absolute Gasteiger partial charge is 0.310 e. The van der Waals surface area contributed by atoms with E-state index in [2.05, 4.69) is 0 Å². The maximum absolute atomic E-state index is 12.5. The molecule has 1 aliphatic heterocycles. The Morgan fingerprint density at radius 2 is 2.14 bits per heavy atom. The van der Waals surface area contributed by atoms with Crippen molar-refractivity contribution in [2.24, 2.45) is 5.92 Å². The van der Waals surface area contributed by atoms with Crippen LogP contribution in [0.2, 0.25) is 0 Å². The van der Waals surface area contributed by atoms with Crippen LogP contribution in [0.25, 0.3) is 0 Å². The van der Waals surface area contributed by atoms with Crippen molar-refractivity contribution in [3.8, 4) is 5.75 Å². The lowest BCUT2D eigenvalue weighted by Crippen LogP contribution is -2.42.